The average molecular weight is 256 g/mol. The fraction of sp³-hybridized carbons (Fsp3) is 0.0769. The molecule has 18 heavy (non-hydrogen) atoms. The quantitative estimate of drug-likeness (QED) is 0.680. The second kappa shape index (κ2) is 3.49. The third-order valence-electron chi connectivity index (χ3n) is 3.07. The molecule has 88 valence electrons. The first-order valence-corrected chi connectivity index (χ1v) is 6.44. The van der Waals surface area contributed by atoms with Gasteiger partial charge in [0.1, 0.15) is 5.58 Å². The molecule has 0 fully saturated rings. The first-order chi connectivity index (χ1) is 8.83. The Hall–Kier alpha value is -2.01. The molecule has 2 aliphatic rings. The highest BCUT2D eigenvalue weighted by molar-refractivity contribution is 8.16. The van der Waals surface area contributed by atoms with Gasteiger partial charge in [-0.25, -0.2) is 9.79 Å². The van der Waals surface area contributed by atoms with E-state index >= 15 is 0 Å². The summed E-state index contributed by atoms with van der Waals surface area (Å²) < 4.78 is 5.33. The highest BCUT2D eigenvalue weighted by atomic mass is 32.2. The van der Waals surface area contributed by atoms with Crippen molar-refractivity contribution in [3.05, 3.63) is 51.9 Å². The standard InChI is InChI=1S/C13H8N2O2S/c16-12-9-7-15-5-6-18-13(15)14-11(9)8-3-1-2-4-10(8)17-12/h1-6H,7H2. The van der Waals surface area contributed by atoms with Crippen molar-refractivity contribution in [3.63, 3.8) is 0 Å². The van der Waals surface area contributed by atoms with Crippen molar-refractivity contribution in [2.24, 2.45) is 4.99 Å². The van der Waals surface area contributed by atoms with Gasteiger partial charge in [0, 0.05) is 11.6 Å². The highest BCUT2D eigenvalue weighted by Crippen LogP contribution is 2.36. The second-order valence-electron chi connectivity index (χ2n) is 4.14. The summed E-state index contributed by atoms with van der Waals surface area (Å²) >= 11 is 1.57. The number of fused-ring (bicyclic) bond motifs is 4. The van der Waals surface area contributed by atoms with Crippen LogP contribution in [0.5, 0.6) is 0 Å². The minimum Gasteiger partial charge on any atom is -0.422 e. The lowest BCUT2D eigenvalue weighted by molar-refractivity contribution is 0.506. The third-order valence-corrected chi connectivity index (χ3v) is 3.87. The fourth-order valence-corrected chi connectivity index (χ4v) is 2.95. The van der Waals surface area contributed by atoms with E-state index in [9.17, 15) is 4.79 Å². The molecule has 0 radical (unpaired) electrons. The maximum absolute atomic E-state index is 12.0. The monoisotopic (exact) mass is 256 g/mol. The van der Waals surface area contributed by atoms with Gasteiger partial charge in [0.25, 0.3) is 0 Å². The van der Waals surface area contributed by atoms with Crippen LogP contribution >= 0.6 is 11.8 Å². The van der Waals surface area contributed by atoms with Crippen LogP contribution < -0.4 is 5.63 Å². The Morgan fingerprint density at radius 2 is 2.22 bits per heavy atom. The Kier molecular flexibility index (Phi) is 1.93. The molecule has 0 spiro atoms. The number of benzene rings is 1. The molecule has 0 aliphatic carbocycles. The highest BCUT2D eigenvalue weighted by Gasteiger charge is 2.25. The van der Waals surface area contributed by atoms with E-state index in [4.69, 9.17) is 4.42 Å². The van der Waals surface area contributed by atoms with Crippen molar-refractivity contribution in [2.75, 3.05) is 0 Å². The van der Waals surface area contributed by atoms with Gasteiger partial charge in [-0.05, 0) is 17.5 Å². The minimum atomic E-state index is -0.295. The topological polar surface area (TPSA) is 45.8 Å². The Balaban J connectivity index is 2.10. The van der Waals surface area contributed by atoms with E-state index in [1.165, 1.54) is 0 Å². The number of rotatable bonds is 0. The van der Waals surface area contributed by atoms with Crippen molar-refractivity contribution < 1.29 is 4.42 Å². The van der Waals surface area contributed by atoms with E-state index in [1.807, 2.05) is 34.7 Å². The largest absolute Gasteiger partial charge is 0.422 e. The van der Waals surface area contributed by atoms with Gasteiger partial charge in [0.15, 0.2) is 5.17 Å². The molecule has 0 atom stereocenters. The van der Waals surface area contributed by atoms with E-state index < -0.39 is 0 Å². The third kappa shape index (κ3) is 1.28. The average Bonchev–Trinajstić information content (AvgIpc) is 2.84. The molecule has 2 aromatic rings. The smallest absolute Gasteiger partial charge is 0.343 e. The predicted octanol–water partition coefficient (Wildman–Crippen LogP) is 2.81. The lowest BCUT2D eigenvalue weighted by Crippen LogP contribution is -2.26. The lowest BCUT2D eigenvalue weighted by Gasteiger charge is -2.22. The van der Waals surface area contributed by atoms with E-state index in [0.717, 1.165) is 16.2 Å². The molecular weight excluding hydrogens is 248 g/mol. The summed E-state index contributed by atoms with van der Waals surface area (Å²) in [6, 6.07) is 7.51. The van der Waals surface area contributed by atoms with Crippen LogP contribution in [0.1, 0.15) is 5.56 Å². The van der Waals surface area contributed by atoms with E-state index in [-0.39, 0.29) is 5.63 Å². The summed E-state index contributed by atoms with van der Waals surface area (Å²) in [5.41, 5.74) is 1.68. The number of amidine groups is 1. The summed E-state index contributed by atoms with van der Waals surface area (Å²) in [5, 5.41) is 3.78. The van der Waals surface area contributed by atoms with Crippen LogP contribution in [0.15, 0.2) is 50.1 Å². The zero-order valence-electron chi connectivity index (χ0n) is 9.29. The van der Waals surface area contributed by atoms with Crippen LogP contribution in [-0.4, -0.2) is 10.1 Å². The molecule has 4 rings (SSSR count). The van der Waals surface area contributed by atoms with Crippen LogP contribution in [0.25, 0.3) is 11.0 Å². The molecule has 0 saturated carbocycles. The molecule has 0 N–H and O–H groups in total. The number of nitrogens with zero attached hydrogens (tertiary/aromatic N) is 2. The van der Waals surface area contributed by atoms with E-state index in [0.29, 0.717) is 17.7 Å². The van der Waals surface area contributed by atoms with Gasteiger partial charge in [-0.3, -0.25) is 0 Å². The van der Waals surface area contributed by atoms with Crippen LogP contribution in [0.3, 0.4) is 0 Å². The van der Waals surface area contributed by atoms with Crippen LogP contribution in [0.2, 0.25) is 0 Å². The summed E-state index contributed by atoms with van der Waals surface area (Å²) in [6.45, 7) is 0.533. The van der Waals surface area contributed by atoms with Gasteiger partial charge in [-0.1, -0.05) is 23.9 Å². The summed E-state index contributed by atoms with van der Waals surface area (Å²) in [6.07, 6.45) is 1.93. The summed E-state index contributed by atoms with van der Waals surface area (Å²) in [5.74, 6) is 0. The number of aliphatic imine (C=N–C) groups is 1. The number of thioether (sulfide) groups is 1. The van der Waals surface area contributed by atoms with Gasteiger partial charge in [0.2, 0.25) is 0 Å². The molecular formula is C13H8N2O2S. The lowest BCUT2D eigenvalue weighted by atomic mass is 10.1. The molecule has 3 heterocycles. The van der Waals surface area contributed by atoms with E-state index in [1.54, 1.807) is 17.8 Å². The summed E-state index contributed by atoms with van der Waals surface area (Å²) in [4.78, 5) is 18.5. The minimum absolute atomic E-state index is 0.295. The molecule has 0 bridgehead atoms. The number of hydrogen-bond acceptors (Lipinski definition) is 5. The maximum Gasteiger partial charge on any atom is 0.343 e. The zero-order chi connectivity index (χ0) is 12.1. The van der Waals surface area contributed by atoms with Crippen molar-refractivity contribution in [1.29, 1.82) is 0 Å². The second-order valence-corrected chi connectivity index (χ2v) is 5.01. The maximum atomic E-state index is 12.0. The van der Waals surface area contributed by atoms with Crippen molar-refractivity contribution >= 4 is 33.6 Å². The van der Waals surface area contributed by atoms with Gasteiger partial charge in [-0.2, -0.15) is 0 Å². The first-order valence-electron chi connectivity index (χ1n) is 5.56. The summed E-state index contributed by atoms with van der Waals surface area (Å²) in [7, 11) is 0. The Bertz CT molecular complexity index is 776. The molecule has 0 amide bonds. The number of hydrogen-bond donors (Lipinski definition) is 0. The van der Waals surface area contributed by atoms with Gasteiger partial charge in [-0.15, -0.1) is 0 Å². The van der Waals surface area contributed by atoms with Crippen LogP contribution in [0, 0.1) is 0 Å². The van der Waals surface area contributed by atoms with Crippen molar-refractivity contribution in [1.82, 2.24) is 4.90 Å². The van der Waals surface area contributed by atoms with Crippen molar-refractivity contribution in [3.8, 4) is 0 Å². The Morgan fingerprint density at radius 1 is 1.33 bits per heavy atom. The van der Waals surface area contributed by atoms with Gasteiger partial charge in [0.05, 0.1) is 17.8 Å². The van der Waals surface area contributed by atoms with E-state index in [2.05, 4.69) is 4.99 Å². The molecule has 2 aliphatic heterocycles. The molecule has 4 nitrogen and oxygen atoms in total. The SMILES string of the molecule is O=c1oc2ccccc2c2c1CN1C=CSC1=N2. The van der Waals surface area contributed by atoms with Gasteiger partial charge >= 0.3 is 5.63 Å². The predicted molar refractivity (Wildman–Crippen MR) is 71.9 cm³/mol. The normalized spacial score (nSPS) is 16.7. The molecule has 0 saturated heterocycles. The van der Waals surface area contributed by atoms with Crippen molar-refractivity contribution in [2.45, 2.75) is 6.54 Å². The molecule has 0 unspecified atom stereocenters. The fourth-order valence-electron chi connectivity index (χ4n) is 2.21. The molecule has 1 aromatic heterocycles. The molecule has 1 aromatic carbocycles. The Morgan fingerprint density at radius 3 is 3.17 bits per heavy atom. The zero-order valence-corrected chi connectivity index (χ0v) is 10.1. The van der Waals surface area contributed by atoms with Crippen LogP contribution in [-0.2, 0) is 6.54 Å². The Labute approximate surface area is 107 Å². The van der Waals surface area contributed by atoms with Crippen LogP contribution in [0.4, 0.5) is 5.69 Å². The first kappa shape index (κ1) is 9.96. The molecule has 5 heteroatoms. The number of para-hydroxylation sites is 1. The van der Waals surface area contributed by atoms with Gasteiger partial charge < -0.3 is 9.32 Å².